The standard InChI is InChI=1S/C42H40N6O5S2/c1-41(2,3)53-39(51)35-36(27-16-15-23-47(4)24-27)54-26-32-34(38(50)48(32)35)44-37(49)33(46-52-5)31-25-55-40(43-31)45-42(28-17-9-6-10-18-28,29-19-11-7-12-20-29)30-21-13-8-14-22-30/h6-25,32,34H,26H2,1-5H3,(H-,43,44,45,49)/p+1. The average molecular weight is 774 g/mol. The van der Waals surface area contributed by atoms with Crippen LogP contribution in [-0.2, 0) is 36.5 Å². The fourth-order valence-corrected chi connectivity index (χ4v) is 8.88. The zero-order chi connectivity index (χ0) is 38.7. The minimum Gasteiger partial charge on any atom is -0.455 e. The van der Waals surface area contributed by atoms with E-state index in [9.17, 15) is 14.4 Å². The van der Waals surface area contributed by atoms with Gasteiger partial charge in [0.2, 0.25) is 0 Å². The lowest BCUT2D eigenvalue weighted by atomic mass is 9.77. The average Bonchev–Trinajstić information content (AvgIpc) is 3.65. The molecule has 13 heteroatoms. The Hall–Kier alpha value is -5.79. The molecule has 0 radical (unpaired) electrons. The number of nitrogens with one attached hydrogen (secondary N) is 2. The quantitative estimate of drug-likeness (QED) is 0.0427. The van der Waals surface area contributed by atoms with Crippen LogP contribution >= 0.6 is 23.1 Å². The largest absolute Gasteiger partial charge is 0.455 e. The van der Waals surface area contributed by atoms with Gasteiger partial charge in [-0.1, -0.05) is 96.2 Å². The van der Waals surface area contributed by atoms with Crippen molar-refractivity contribution < 1.29 is 28.5 Å². The van der Waals surface area contributed by atoms with Gasteiger partial charge in [0.05, 0.1) is 16.5 Å². The molecule has 2 unspecified atom stereocenters. The minimum absolute atomic E-state index is 0.0911. The predicted octanol–water partition coefficient (Wildman–Crippen LogP) is 5.88. The number of thiazole rings is 1. The van der Waals surface area contributed by atoms with Crippen molar-refractivity contribution in [1.29, 1.82) is 0 Å². The number of anilines is 1. The lowest BCUT2D eigenvalue weighted by Crippen LogP contribution is -2.73. The Morgan fingerprint density at radius 3 is 2.05 bits per heavy atom. The number of β-lactam (4-membered cyclic amide) rings is 1. The normalized spacial score (nSPS) is 17.2. The number of ether oxygens (including phenoxy) is 1. The summed E-state index contributed by atoms with van der Waals surface area (Å²) in [5, 5.41) is 12.9. The van der Waals surface area contributed by atoms with E-state index in [1.165, 1.54) is 35.1 Å². The number of esters is 1. The van der Waals surface area contributed by atoms with Crippen molar-refractivity contribution in [2.75, 3.05) is 18.2 Å². The number of benzene rings is 3. The van der Waals surface area contributed by atoms with Crippen molar-refractivity contribution >= 4 is 56.6 Å². The van der Waals surface area contributed by atoms with E-state index in [0.29, 0.717) is 15.8 Å². The van der Waals surface area contributed by atoms with Crippen molar-refractivity contribution in [3.8, 4) is 0 Å². The number of pyridine rings is 1. The molecule has 280 valence electrons. The first-order valence-electron chi connectivity index (χ1n) is 17.7. The van der Waals surface area contributed by atoms with Crippen LogP contribution in [0.1, 0.15) is 48.7 Å². The second kappa shape index (κ2) is 15.5. The molecule has 1 saturated heterocycles. The highest BCUT2D eigenvalue weighted by Crippen LogP contribution is 2.44. The Bertz CT molecular complexity index is 2170. The van der Waals surface area contributed by atoms with E-state index in [1.54, 1.807) is 26.2 Å². The second-order valence-electron chi connectivity index (χ2n) is 14.1. The Morgan fingerprint density at radius 2 is 1.51 bits per heavy atom. The molecule has 2 aliphatic rings. The zero-order valence-electron chi connectivity index (χ0n) is 31.1. The lowest BCUT2D eigenvalue weighted by Gasteiger charge is -2.50. The molecular weight excluding hydrogens is 733 g/mol. The monoisotopic (exact) mass is 773 g/mol. The molecule has 1 fully saturated rings. The molecule has 0 spiro atoms. The summed E-state index contributed by atoms with van der Waals surface area (Å²) in [4.78, 5) is 53.6. The van der Waals surface area contributed by atoms with Crippen molar-refractivity contribution in [1.82, 2.24) is 15.2 Å². The van der Waals surface area contributed by atoms with Crippen molar-refractivity contribution in [3.05, 3.63) is 155 Å². The molecule has 55 heavy (non-hydrogen) atoms. The summed E-state index contributed by atoms with van der Waals surface area (Å²) in [6, 6.07) is 32.7. The van der Waals surface area contributed by atoms with Crippen molar-refractivity contribution in [3.63, 3.8) is 0 Å². The van der Waals surface area contributed by atoms with Crippen molar-refractivity contribution in [2.24, 2.45) is 12.2 Å². The number of rotatable bonds is 11. The first-order chi connectivity index (χ1) is 26.5. The molecule has 4 heterocycles. The van der Waals surface area contributed by atoms with Gasteiger partial charge >= 0.3 is 5.97 Å². The number of aryl methyl sites for hydroxylation is 1. The number of oxime groups is 1. The maximum Gasteiger partial charge on any atom is 0.356 e. The highest BCUT2D eigenvalue weighted by molar-refractivity contribution is 8.08. The third-order valence-corrected chi connectivity index (χ3v) is 11.2. The molecule has 0 bridgehead atoms. The Kier molecular flexibility index (Phi) is 10.6. The maximum atomic E-state index is 14.0. The van der Waals surface area contributed by atoms with Crippen LogP contribution in [0.15, 0.2) is 132 Å². The number of thioether (sulfide) groups is 1. The highest BCUT2D eigenvalue weighted by atomic mass is 32.2. The van der Waals surface area contributed by atoms with E-state index in [0.717, 1.165) is 22.3 Å². The van der Waals surface area contributed by atoms with E-state index >= 15 is 0 Å². The molecular formula is C42H41N6O5S2+. The summed E-state index contributed by atoms with van der Waals surface area (Å²) in [5.74, 6) is -1.22. The van der Waals surface area contributed by atoms with Crippen LogP contribution in [0.25, 0.3) is 4.91 Å². The van der Waals surface area contributed by atoms with Crippen LogP contribution in [0.5, 0.6) is 0 Å². The first-order valence-corrected chi connectivity index (χ1v) is 19.6. The van der Waals surface area contributed by atoms with Gasteiger partial charge in [-0.2, -0.15) is 0 Å². The second-order valence-corrected chi connectivity index (χ2v) is 16.0. The zero-order valence-corrected chi connectivity index (χ0v) is 32.7. The van der Waals surface area contributed by atoms with Crippen LogP contribution < -0.4 is 15.2 Å². The smallest absolute Gasteiger partial charge is 0.356 e. The number of amides is 2. The van der Waals surface area contributed by atoms with Crippen molar-refractivity contribution in [2.45, 2.75) is 44.0 Å². The molecule has 7 rings (SSSR count). The van der Waals surface area contributed by atoms with Crippen LogP contribution in [0.3, 0.4) is 0 Å². The topological polar surface area (TPSA) is 126 Å². The van der Waals surface area contributed by atoms with Crippen LogP contribution in [0.4, 0.5) is 5.13 Å². The summed E-state index contributed by atoms with van der Waals surface area (Å²) in [6.45, 7) is 5.34. The van der Waals surface area contributed by atoms with Crippen LogP contribution in [0.2, 0.25) is 0 Å². The Balaban J connectivity index is 1.17. The van der Waals surface area contributed by atoms with E-state index in [4.69, 9.17) is 14.6 Å². The molecule has 2 aliphatic heterocycles. The van der Waals surface area contributed by atoms with Gasteiger partial charge in [0.1, 0.15) is 42.7 Å². The SMILES string of the molecule is CON=C(C(=O)NC1C(=O)N2C(C(=O)OC(C)(C)C)=C(c3ccc[n+](C)c3)SCC12)c1csc(NC(c2ccccc2)(c2ccccc2)c2ccccc2)n1. The Labute approximate surface area is 328 Å². The predicted molar refractivity (Wildman–Crippen MR) is 214 cm³/mol. The number of hydrogen-bond donors (Lipinski definition) is 2. The summed E-state index contributed by atoms with van der Waals surface area (Å²) in [5.41, 5.74) is 2.49. The molecule has 2 aromatic heterocycles. The molecule has 2 N–H and O–H groups in total. The highest BCUT2D eigenvalue weighted by Gasteiger charge is 2.55. The van der Waals surface area contributed by atoms with Gasteiger partial charge in [0.15, 0.2) is 23.2 Å². The molecule has 3 aromatic carbocycles. The molecule has 0 aliphatic carbocycles. The number of carbonyl (C=O) groups is 3. The van der Waals surface area contributed by atoms with Crippen LogP contribution in [-0.4, -0.2) is 63.9 Å². The third-order valence-electron chi connectivity index (χ3n) is 9.21. The molecule has 2 atom stereocenters. The van der Waals surface area contributed by atoms with Gasteiger partial charge in [-0.05, 0) is 43.5 Å². The van der Waals surface area contributed by atoms with Crippen LogP contribution in [0, 0.1) is 0 Å². The van der Waals surface area contributed by atoms with Gasteiger partial charge in [-0.3, -0.25) is 14.5 Å². The summed E-state index contributed by atoms with van der Waals surface area (Å²) in [6.07, 6.45) is 3.78. The molecule has 2 amide bonds. The van der Waals surface area contributed by atoms with Gasteiger partial charge in [-0.15, -0.1) is 23.1 Å². The van der Waals surface area contributed by atoms with E-state index in [2.05, 4.69) is 52.2 Å². The molecule has 0 saturated carbocycles. The van der Waals surface area contributed by atoms with E-state index in [-0.39, 0.29) is 17.1 Å². The van der Waals surface area contributed by atoms with Gasteiger partial charge in [0.25, 0.3) is 11.8 Å². The van der Waals surface area contributed by atoms with E-state index < -0.39 is 41.0 Å². The summed E-state index contributed by atoms with van der Waals surface area (Å²) < 4.78 is 7.66. The molecule has 11 nitrogen and oxygen atoms in total. The number of aromatic nitrogens is 2. The fourth-order valence-electron chi connectivity index (χ4n) is 6.84. The number of carbonyl (C=O) groups excluding carboxylic acids is 3. The number of fused-ring (bicyclic) bond motifs is 1. The van der Waals surface area contributed by atoms with Gasteiger partial charge in [-0.25, -0.2) is 14.3 Å². The first kappa shape index (κ1) is 37.5. The fraction of sp³-hybridized carbons (Fsp3) is 0.238. The number of nitrogens with zero attached hydrogens (tertiary/aromatic N) is 4. The van der Waals surface area contributed by atoms with E-state index in [1.807, 2.05) is 90.7 Å². The minimum atomic E-state index is -0.911. The maximum absolute atomic E-state index is 14.0. The molecule has 5 aromatic rings. The third kappa shape index (κ3) is 7.49. The Morgan fingerprint density at radius 1 is 0.909 bits per heavy atom. The lowest BCUT2D eigenvalue weighted by molar-refractivity contribution is -0.671. The van der Waals surface area contributed by atoms with Gasteiger partial charge in [0, 0.05) is 17.2 Å². The summed E-state index contributed by atoms with van der Waals surface area (Å²) >= 11 is 2.77. The van der Waals surface area contributed by atoms with Gasteiger partial charge < -0.3 is 20.2 Å². The number of hydrogen-bond acceptors (Lipinski definition) is 10. The summed E-state index contributed by atoms with van der Waals surface area (Å²) in [7, 11) is 3.24.